The molecule has 0 fully saturated rings. The molecular weight excluding hydrogens is 339 g/mol. The highest BCUT2D eigenvalue weighted by molar-refractivity contribution is 6.35. The average molecular weight is 355 g/mol. The van der Waals surface area contributed by atoms with Crippen molar-refractivity contribution in [2.75, 3.05) is 25.6 Å². The Kier molecular flexibility index (Phi) is 6.58. The highest BCUT2D eigenvalue weighted by Gasteiger charge is 2.08. The molecule has 0 bridgehead atoms. The third kappa shape index (κ3) is 5.67. The number of nitrogens with one attached hydrogen (secondary N) is 2. The number of halogens is 2. The molecule has 1 aromatic carbocycles. The van der Waals surface area contributed by atoms with E-state index in [4.69, 9.17) is 27.9 Å². The van der Waals surface area contributed by atoms with Gasteiger partial charge in [-0.15, -0.1) is 10.2 Å². The van der Waals surface area contributed by atoms with E-state index >= 15 is 0 Å². The summed E-state index contributed by atoms with van der Waals surface area (Å²) in [5, 5.41) is 14.7. The molecule has 8 heteroatoms. The number of carbonyl (C=O) groups excluding carboxylic acids is 1. The van der Waals surface area contributed by atoms with Crippen LogP contribution in [0.15, 0.2) is 30.3 Å². The van der Waals surface area contributed by atoms with Crippen molar-refractivity contribution in [3.63, 3.8) is 0 Å². The summed E-state index contributed by atoms with van der Waals surface area (Å²) in [6.45, 7) is 1.12. The molecule has 2 rings (SSSR count). The maximum atomic E-state index is 11.9. The first kappa shape index (κ1) is 17.5. The highest BCUT2D eigenvalue weighted by Crippen LogP contribution is 2.24. The Labute approximate surface area is 144 Å². The van der Waals surface area contributed by atoms with Crippen molar-refractivity contribution in [2.45, 2.75) is 6.42 Å². The van der Waals surface area contributed by atoms with Crippen LogP contribution in [0.4, 0.5) is 11.5 Å². The molecule has 1 amide bonds. The maximum Gasteiger partial charge on any atom is 0.271 e. The predicted octanol–water partition coefficient (Wildman–Crippen LogP) is 3.29. The lowest BCUT2D eigenvalue weighted by atomic mass is 10.3. The zero-order valence-electron chi connectivity index (χ0n) is 12.5. The molecule has 0 atom stereocenters. The third-order valence-corrected chi connectivity index (χ3v) is 3.28. The van der Waals surface area contributed by atoms with Gasteiger partial charge in [-0.25, -0.2) is 0 Å². The summed E-state index contributed by atoms with van der Waals surface area (Å²) in [5.74, 6) is 0.213. The summed E-state index contributed by atoms with van der Waals surface area (Å²) in [4.78, 5) is 11.9. The number of nitrogens with zero attached hydrogens (tertiary/aromatic N) is 2. The number of hydrogen-bond acceptors (Lipinski definition) is 5. The number of hydrogen-bond donors (Lipinski definition) is 2. The first-order valence-electron chi connectivity index (χ1n) is 6.92. The van der Waals surface area contributed by atoms with Gasteiger partial charge in [0.25, 0.3) is 5.91 Å². The predicted molar refractivity (Wildman–Crippen MR) is 90.6 cm³/mol. The molecule has 2 aromatic rings. The lowest BCUT2D eigenvalue weighted by Gasteiger charge is -2.07. The van der Waals surface area contributed by atoms with E-state index in [0.717, 1.165) is 6.42 Å². The van der Waals surface area contributed by atoms with Gasteiger partial charge in [-0.2, -0.15) is 0 Å². The number of amides is 1. The number of rotatable bonds is 7. The minimum Gasteiger partial charge on any atom is -0.385 e. The van der Waals surface area contributed by atoms with E-state index in [9.17, 15) is 4.79 Å². The van der Waals surface area contributed by atoms with Crippen molar-refractivity contribution in [2.24, 2.45) is 0 Å². The van der Waals surface area contributed by atoms with Crippen molar-refractivity contribution < 1.29 is 9.53 Å². The molecule has 1 heterocycles. The lowest BCUT2D eigenvalue weighted by Crippen LogP contribution is -2.26. The van der Waals surface area contributed by atoms with Gasteiger partial charge in [0.05, 0.1) is 0 Å². The van der Waals surface area contributed by atoms with Gasteiger partial charge in [0.2, 0.25) is 0 Å². The number of anilines is 2. The van der Waals surface area contributed by atoms with Gasteiger partial charge in [0.15, 0.2) is 11.5 Å². The summed E-state index contributed by atoms with van der Waals surface area (Å²) in [7, 11) is 1.62. The summed E-state index contributed by atoms with van der Waals surface area (Å²) in [6.07, 6.45) is 0.741. The fourth-order valence-electron chi connectivity index (χ4n) is 1.80. The van der Waals surface area contributed by atoms with Crippen molar-refractivity contribution in [1.82, 2.24) is 15.5 Å². The van der Waals surface area contributed by atoms with Crippen molar-refractivity contribution >= 4 is 40.6 Å². The minimum atomic E-state index is -0.272. The van der Waals surface area contributed by atoms with Gasteiger partial charge in [0, 0.05) is 36.0 Å². The summed E-state index contributed by atoms with van der Waals surface area (Å²) >= 11 is 11.9. The van der Waals surface area contributed by atoms with Crippen LogP contribution in [0.2, 0.25) is 10.0 Å². The molecule has 0 aliphatic carbocycles. The molecule has 0 saturated heterocycles. The van der Waals surface area contributed by atoms with Crippen molar-refractivity contribution in [3.8, 4) is 0 Å². The molecule has 2 N–H and O–H groups in total. The van der Waals surface area contributed by atoms with Gasteiger partial charge in [-0.3, -0.25) is 4.79 Å². The van der Waals surface area contributed by atoms with Gasteiger partial charge < -0.3 is 15.4 Å². The molecule has 0 radical (unpaired) electrons. The fourth-order valence-corrected chi connectivity index (χ4v) is 2.33. The van der Waals surface area contributed by atoms with Gasteiger partial charge in [-0.05, 0) is 36.8 Å². The Bertz CT molecular complexity index is 645. The largest absolute Gasteiger partial charge is 0.385 e. The number of ether oxygens (including phenoxy) is 1. The molecule has 0 spiro atoms. The molecule has 0 aliphatic rings. The van der Waals surface area contributed by atoms with Crippen LogP contribution in [-0.4, -0.2) is 36.4 Å². The SMILES string of the molecule is COCCCNC(=O)c1ccc(Nc2cc(Cl)cc(Cl)c2)nn1. The molecule has 1 aromatic heterocycles. The van der Waals surface area contributed by atoms with Gasteiger partial charge in [-0.1, -0.05) is 23.2 Å². The number of benzene rings is 1. The number of methoxy groups -OCH3 is 1. The Hall–Kier alpha value is -1.89. The topological polar surface area (TPSA) is 76.1 Å². The molecule has 0 aliphatic heterocycles. The summed E-state index contributed by atoms with van der Waals surface area (Å²) < 4.78 is 4.91. The van der Waals surface area contributed by atoms with Crippen LogP contribution in [0.25, 0.3) is 0 Å². The highest BCUT2D eigenvalue weighted by atomic mass is 35.5. The van der Waals surface area contributed by atoms with Crippen molar-refractivity contribution in [1.29, 1.82) is 0 Å². The smallest absolute Gasteiger partial charge is 0.271 e. The maximum absolute atomic E-state index is 11.9. The molecule has 6 nitrogen and oxygen atoms in total. The molecule has 0 saturated carbocycles. The van der Waals surface area contributed by atoms with E-state index in [1.54, 1.807) is 37.4 Å². The first-order valence-corrected chi connectivity index (χ1v) is 7.68. The van der Waals surface area contributed by atoms with Crippen LogP contribution >= 0.6 is 23.2 Å². The normalized spacial score (nSPS) is 10.4. The lowest BCUT2D eigenvalue weighted by molar-refractivity contribution is 0.0942. The van der Waals surface area contributed by atoms with Crippen LogP contribution in [0.3, 0.4) is 0 Å². The Balaban J connectivity index is 1.95. The van der Waals surface area contributed by atoms with E-state index in [2.05, 4.69) is 20.8 Å². The molecule has 122 valence electrons. The van der Waals surface area contributed by atoms with E-state index in [1.807, 2.05) is 0 Å². The summed E-state index contributed by atoms with van der Waals surface area (Å²) in [5.41, 5.74) is 0.936. The van der Waals surface area contributed by atoms with E-state index < -0.39 is 0 Å². The number of carbonyl (C=O) groups is 1. The monoisotopic (exact) mass is 354 g/mol. The first-order chi connectivity index (χ1) is 11.1. The van der Waals surface area contributed by atoms with E-state index in [-0.39, 0.29) is 11.6 Å². The Morgan fingerprint density at radius 1 is 1.17 bits per heavy atom. The molecular formula is C15H16Cl2N4O2. The molecule has 23 heavy (non-hydrogen) atoms. The second-order valence-corrected chi connectivity index (χ2v) is 5.56. The Morgan fingerprint density at radius 2 is 1.91 bits per heavy atom. The standard InChI is InChI=1S/C15H16Cl2N4O2/c1-23-6-2-5-18-15(22)13-3-4-14(21-20-13)19-12-8-10(16)7-11(17)9-12/h3-4,7-9H,2,5-6H2,1H3,(H,18,22)(H,19,21). The third-order valence-electron chi connectivity index (χ3n) is 2.84. The quantitative estimate of drug-likeness (QED) is 0.746. The van der Waals surface area contributed by atoms with Gasteiger partial charge >= 0.3 is 0 Å². The Morgan fingerprint density at radius 3 is 2.52 bits per heavy atom. The zero-order valence-corrected chi connectivity index (χ0v) is 14.0. The van der Waals surface area contributed by atoms with Crippen LogP contribution in [-0.2, 0) is 4.74 Å². The van der Waals surface area contributed by atoms with Crippen LogP contribution in [0.1, 0.15) is 16.9 Å². The van der Waals surface area contributed by atoms with E-state index in [0.29, 0.717) is 34.7 Å². The zero-order chi connectivity index (χ0) is 16.7. The van der Waals surface area contributed by atoms with Crippen LogP contribution < -0.4 is 10.6 Å². The minimum absolute atomic E-state index is 0.247. The van der Waals surface area contributed by atoms with Crippen molar-refractivity contribution in [3.05, 3.63) is 46.1 Å². The van der Waals surface area contributed by atoms with Crippen LogP contribution in [0, 0.1) is 0 Å². The number of aromatic nitrogens is 2. The van der Waals surface area contributed by atoms with Gasteiger partial charge in [0.1, 0.15) is 0 Å². The average Bonchev–Trinajstić information content (AvgIpc) is 2.51. The van der Waals surface area contributed by atoms with Crippen LogP contribution in [0.5, 0.6) is 0 Å². The summed E-state index contributed by atoms with van der Waals surface area (Å²) in [6, 6.07) is 8.31. The fraction of sp³-hybridized carbons (Fsp3) is 0.267. The molecule has 0 unspecified atom stereocenters. The second-order valence-electron chi connectivity index (χ2n) is 4.69. The second kappa shape index (κ2) is 8.67. The van der Waals surface area contributed by atoms with E-state index in [1.165, 1.54) is 0 Å².